The number of ether oxygens (including phenoxy) is 2. The van der Waals surface area contributed by atoms with Gasteiger partial charge >= 0.3 is 0 Å². The summed E-state index contributed by atoms with van der Waals surface area (Å²) in [5, 5.41) is 0. The molecule has 2 rings (SSSR count). The monoisotopic (exact) mass is 338 g/mol. The predicted molar refractivity (Wildman–Crippen MR) is 73.9 cm³/mol. The van der Waals surface area contributed by atoms with E-state index in [1.165, 1.54) is 23.7 Å². The summed E-state index contributed by atoms with van der Waals surface area (Å²) in [7, 11) is 0. The molecule has 3 heteroatoms. The zero-order chi connectivity index (χ0) is 11.6. The maximum atomic E-state index is 6.35. The van der Waals surface area contributed by atoms with Crippen molar-refractivity contribution in [2.24, 2.45) is 11.8 Å². The number of hydrogen-bond acceptors (Lipinski definition) is 2. The summed E-state index contributed by atoms with van der Waals surface area (Å²) in [5.74, 6) is 1.11. The minimum Gasteiger partial charge on any atom is -0.350 e. The second-order valence-electron chi connectivity index (χ2n) is 5.45. The lowest BCUT2D eigenvalue weighted by molar-refractivity contribution is -0.310. The SMILES string of the molecule is C[C@@H]1CC[C@]2(CCCCO2)O[C@@H]1[C@@H](C)CI. The second kappa shape index (κ2) is 5.53. The molecule has 2 saturated heterocycles. The van der Waals surface area contributed by atoms with Crippen molar-refractivity contribution < 1.29 is 9.47 Å². The van der Waals surface area contributed by atoms with Crippen molar-refractivity contribution in [3.63, 3.8) is 0 Å². The molecule has 2 fully saturated rings. The highest BCUT2D eigenvalue weighted by Gasteiger charge is 2.43. The van der Waals surface area contributed by atoms with Crippen molar-refractivity contribution in [2.45, 2.75) is 57.8 Å². The van der Waals surface area contributed by atoms with Gasteiger partial charge in [-0.15, -0.1) is 0 Å². The Labute approximate surface area is 113 Å². The van der Waals surface area contributed by atoms with Crippen LogP contribution in [0.1, 0.15) is 46.0 Å². The zero-order valence-electron chi connectivity index (χ0n) is 10.4. The van der Waals surface area contributed by atoms with E-state index in [1.807, 2.05) is 0 Å². The van der Waals surface area contributed by atoms with Gasteiger partial charge < -0.3 is 9.47 Å². The van der Waals surface area contributed by atoms with E-state index in [4.69, 9.17) is 9.47 Å². The first kappa shape index (κ1) is 13.1. The van der Waals surface area contributed by atoms with E-state index in [0.29, 0.717) is 17.9 Å². The third kappa shape index (κ3) is 2.72. The molecule has 0 radical (unpaired) electrons. The molecule has 0 unspecified atom stereocenters. The topological polar surface area (TPSA) is 18.5 Å². The Kier molecular flexibility index (Phi) is 4.52. The van der Waals surface area contributed by atoms with Crippen LogP contribution in [0.15, 0.2) is 0 Å². The Hall–Kier alpha value is 0.650. The summed E-state index contributed by atoms with van der Waals surface area (Å²) in [6, 6.07) is 0. The standard InChI is InChI=1S/C13H23IO2/c1-10-5-7-13(6-3-4-8-15-13)16-12(10)11(2)9-14/h10-12H,3-9H2,1-2H3/t10-,11+,12+,13+/m1/s1. The van der Waals surface area contributed by atoms with Gasteiger partial charge in [-0.05, 0) is 31.1 Å². The number of halogens is 1. The van der Waals surface area contributed by atoms with Crippen LogP contribution >= 0.6 is 22.6 Å². The molecule has 2 nitrogen and oxygen atoms in total. The predicted octanol–water partition coefficient (Wildman–Crippen LogP) is 3.77. The summed E-state index contributed by atoms with van der Waals surface area (Å²) in [4.78, 5) is 0. The van der Waals surface area contributed by atoms with E-state index < -0.39 is 0 Å². The zero-order valence-corrected chi connectivity index (χ0v) is 12.5. The molecule has 0 aliphatic carbocycles. The maximum Gasteiger partial charge on any atom is 0.168 e. The molecular weight excluding hydrogens is 315 g/mol. The molecule has 0 N–H and O–H groups in total. The number of alkyl halides is 1. The fourth-order valence-electron chi connectivity index (χ4n) is 2.92. The molecule has 0 saturated carbocycles. The molecule has 2 heterocycles. The number of hydrogen-bond donors (Lipinski definition) is 0. The average molecular weight is 338 g/mol. The van der Waals surface area contributed by atoms with E-state index in [2.05, 4.69) is 36.4 Å². The van der Waals surface area contributed by atoms with Crippen molar-refractivity contribution in [1.82, 2.24) is 0 Å². The van der Waals surface area contributed by atoms with Crippen molar-refractivity contribution in [1.29, 1.82) is 0 Å². The van der Waals surface area contributed by atoms with Crippen molar-refractivity contribution >= 4 is 22.6 Å². The third-order valence-electron chi connectivity index (χ3n) is 4.01. The van der Waals surface area contributed by atoms with Crippen LogP contribution in [0.4, 0.5) is 0 Å². The van der Waals surface area contributed by atoms with Gasteiger partial charge in [0.1, 0.15) is 0 Å². The largest absolute Gasteiger partial charge is 0.350 e. The Morgan fingerprint density at radius 3 is 2.81 bits per heavy atom. The summed E-state index contributed by atoms with van der Waals surface area (Å²) in [6.45, 7) is 5.51. The van der Waals surface area contributed by atoms with Crippen LogP contribution < -0.4 is 0 Å². The highest BCUT2D eigenvalue weighted by atomic mass is 127. The third-order valence-corrected chi connectivity index (χ3v) is 5.40. The first-order valence-corrected chi connectivity index (χ1v) is 8.07. The highest BCUT2D eigenvalue weighted by molar-refractivity contribution is 14.1. The fourth-order valence-corrected chi connectivity index (χ4v) is 3.42. The summed E-state index contributed by atoms with van der Waals surface area (Å²) in [6.07, 6.45) is 6.31. The van der Waals surface area contributed by atoms with E-state index in [9.17, 15) is 0 Å². The molecule has 0 aromatic carbocycles. The highest BCUT2D eigenvalue weighted by Crippen LogP contribution is 2.41. The van der Waals surface area contributed by atoms with Gasteiger partial charge in [-0.2, -0.15) is 0 Å². The molecule has 2 aliphatic heterocycles. The molecule has 0 amide bonds. The maximum absolute atomic E-state index is 6.35. The summed E-state index contributed by atoms with van der Waals surface area (Å²) < 4.78 is 13.5. The van der Waals surface area contributed by atoms with Crippen LogP contribution in [-0.2, 0) is 9.47 Å². The minimum atomic E-state index is -0.213. The minimum absolute atomic E-state index is 0.213. The van der Waals surface area contributed by atoms with Gasteiger partial charge in [-0.25, -0.2) is 0 Å². The summed E-state index contributed by atoms with van der Waals surface area (Å²) >= 11 is 2.46. The lowest BCUT2D eigenvalue weighted by Gasteiger charge is -2.47. The molecule has 1 spiro atoms. The van der Waals surface area contributed by atoms with E-state index in [0.717, 1.165) is 19.4 Å². The first-order chi connectivity index (χ1) is 7.67. The van der Waals surface area contributed by atoms with Crippen LogP contribution in [0.25, 0.3) is 0 Å². The van der Waals surface area contributed by atoms with Crippen LogP contribution in [0, 0.1) is 11.8 Å². The van der Waals surface area contributed by atoms with E-state index >= 15 is 0 Å². The van der Waals surface area contributed by atoms with Crippen LogP contribution in [0.2, 0.25) is 0 Å². The Bertz CT molecular complexity index is 222. The molecule has 0 bridgehead atoms. The fraction of sp³-hybridized carbons (Fsp3) is 1.00. The summed E-state index contributed by atoms with van der Waals surface area (Å²) in [5.41, 5.74) is 0. The van der Waals surface area contributed by atoms with Gasteiger partial charge in [-0.1, -0.05) is 36.4 Å². The average Bonchev–Trinajstić information content (AvgIpc) is 2.33. The Balaban J connectivity index is 2.02. The lowest BCUT2D eigenvalue weighted by Crippen LogP contribution is -2.50. The van der Waals surface area contributed by atoms with Crippen LogP contribution in [-0.4, -0.2) is 22.9 Å². The molecule has 0 aromatic heterocycles. The quantitative estimate of drug-likeness (QED) is 0.564. The van der Waals surface area contributed by atoms with E-state index in [1.54, 1.807) is 0 Å². The Morgan fingerprint density at radius 2 is 2.19 bits per heavy atom. The molecule has 4 atom stereocenters. The first-order valence-electron chi connectivity index (χ1n) is 6.54. The van der Waals surface area contributed by atoms with Crippen LogP contribution in [0.5, 0.6) is 0 Å². The normalized spacial score (nSPS) is 42.2. The van der Waals surface area contributed by atoms with E-state index in [-0.39, 0.29) is 5.79 Å². The van der Waals surface area contributed by atoms with Crippen molar-refractivity contribution in [3.05, 3.63) is 0 Å². The van der Waals surface area contributed by atoms with Gasteiger partial charge in [0.25, 0.3) is 0 Å². The molecule has 0 aromatic rings. The molecular formula is C13H23IO2. The van der Waals surface area contributed by atoms with Gasteiger partial charge in [0.05, 0.1) is 12.7 Å². The van der Waals surface area contributed by atoms with Gasteiger partial charge in [0.2, 0.25) is 0 Å². The smallest absolute Gasteiger partial charge is 0.168 e. The van der Waals surface area contributed by atoms with Gasteiger partial charge in [0, 0.05) is 17.3 Å². The molecule has 94 valence electrons. The van der Waals surface area contributed by atoms with Crippen molar-refractivity contribution in [2.75, 3.05) is 11.0 Å². The van der Waals surface area contributed by atoms with Crippen LogP contribution in [0.3, 0.4) is 0 Å². The molecule has 2 aliphatic rings. The van der Waals surface area contributed by atoms with Crippen molar-refractivity contribution in [3.8, 4) is 0 Å². The lowest BCUT2D eigenvalue weighted by atomic mass is 9.84. The van der Waals surface area contributed by atoms with Gasteiger partial charge in [-0.3, -0.25) is 0 Å². The Morgan fingerprint density at radius 1 is 1.38 bits per heavy atom. The van der Waals surface area contributed by atoms with Gasteiger partial charge in [0.15, 0.2) is 5.79 Å². The molecule has 16 heavy (non-hydrogen) atoms. The second-order valence-corrected chi connectivity index (χ2v) is 6.33. The number of rotatable bonds is 2.